The molecule has 0 amide bonds. The topological polar surface area (TPSA) is 43.4 Å². The summed E-state index contributed by atoms with van der Waals surface area (Å²) in [5.41, 5.74) is 3.21. The number of hydrogen-bond donors (Lipinski definition) is 0. The molecule has 0 radical (unpaired) electrons. The Morgan fingerprint density at radius 2 is 1.43 bits per heavy atom. The van der Waals surface area contributed by atoms with Gasteiger partial charge in [0, 0.05) is 16.9 Å². The number of esters is 1. The van der Waals surface area contributed by atoms with Crippen LogP contribution in [0.25, 0.3) is 0 Å². The van der Waals surface area contributed by atoms with Crippen LogP contribution in [0, 0.1) is 12.7 Å². The van der Waals surface area contributed by atoms with Crippen LogP contribution >= 0.6 is 11.8 Å². The van der Waals surface area contributed by atoms with E-state index in [4.69, 9.17) is 4.74 Å². The number of hydrogen-bond acceptors (Lipinski definition) is 4. The molecule has 0 unspecified atom stereocenters. The van der Waals surface area contributed by atoms with Gasteiger partial charge in [0.05, 0.1) is 5.75 Å². The minimum absolute atomic E-state index is 0.216. The van der Waals surface area contributed by atoms with Gasteiger partial charge < -0.3 is 4.74 Å². The second-order valence-electron chi connectivity index (χ2n) is 6.31. The number of carbonyl (C=O) groups excluding carboxylic acids is 2. The zero-order valence-corrected chi connectivity index (χ0v) is 16.2. The summed E-state index contributed by atoms with van der Waals surface area (Å²) in [6.07, 6.45) is 0. The van der Waals surface area contributed by atoms with Crippen molar-refractivity contribution in [3.8, 4) is 5.75 Å². The fourth-order valence-corrected chi connectivity index (χ4v) is 3.30. The van der Waals surface area contributed by atoms with Gasteiger partial charge in [0.15, 0.2) is 5.78 Å². The maximum Gasteiger partial charge on any atom is 0.321 e. The van der Waals surface area contributed by atoms with Gasteiger partial charge in [0.25, 0.3) is 0 Å². The number of benzene rings is 3. The molecule has 3 aromatic carbocycles. The van der Waals surface area contributed by atoms with Crippen molar-refractivity contribution in [2.75, 3.05) is 5.75 Å². The molecule has 28 heavy (non-hydrogen) atoms. The van der Waals surface area contributed by atoms with E-state index in [1.54, 1.807) is 24.3 Å². The fourth-order valence-electron chi connectivity index (χ4n) is 2.54. The third-order valence-electron chi connectivity index (χ3n) is 4.06. The molecule has 0 aliphatic heterocycles. The van der Waals surface area contributed by atoms with E-state index >= 15 is 0 Å². The molecule has 0 bridgehead atoms. The van der Waals surface area contributed by atoms with Gasteiger partial charge in [0.1, 0.15) is 11.6 Å². The predicted octanol–water partition coefficient (Wildman–Crippen LogP) is 5.20. The predicted molar refractivity (Wildman–Crippen MR) is 109 cm³/mol. The Hall–Kier alpha value is -2.92. The lowest BCUT2D eigenvalue weighted by molar-refractivity contribution is -0.131. The van der Waals surface area contributed by atoms with E-state index in [9.17, 15) is 14.0 Å². The lowest BCUT2D eigenvalue weighted by atomic mass is 10.0. The van der Waals surface area contributed by atoms with Gasteiger partial charge >= 0.3 is 5.97 Å². The highest BCUT2D eigenvalue weighted by Crippen LogP contribution is 2.18. The highest BCUT2D eigenvalue weighted by molar-refractivity contribution is 7.99. The summed E-state index contributed by atoms with van der Waals surface area (Å²) in [6.45, 7) is 2.03. The molecule has 0 atom stereocenters. The van der Waals surface area contributed by atoms with Crippen LogP contribution in [-0.4, -0.2) is 17.5 Å². The van der Waals surface area contributed by atoms with E-state index in [0.29, 0.717) is 16.9 Å². The van der Waals surface area contributed by atoms with Gasteiger partial charge in [-0.1, -0.05) is 29.8 Å². The molecule has 0 aliphatic carbocycles. The van der Waals surface area contributed by atoms with Gasteiger partial charge in [-0.2, -0.15) is 0 Å². The van der Waals surface area contributed by atoms with Crippen LogP contribution in [0.4, 0.5) is 4.39 Å². The number of ketones is 1. The highest BCUT2D eigenvalue weighted by atomic mass is 32.2. The van der Waals surface area contributed by atoms with Crippen molar-refractivity contribution < 1.29 is 18.7 Å². The minimum Gasteiger partial charge on any atom is -0.426 e. The summed E-state index contributed by atoms with van der Waals surface area (Å²) in [6, 6.07) is 19.9. The van der Waals surface area contributed by atoms with Crippen molar-refractivity contribution >= 4 is 23.5 Å². The van der Waals surface area contributed by atoms with Crippen molar-refractivity contribution in [1.29, 1.82) is 0 Å². The molecule has 3 rings (SSSR count). The molecular weight excluding hydrogens is 375 g/mol. The molecule has 3 aromatic rings. The Balaban J connectivity index is 1.50. The van der Waals surface area contributed by atoms with Crippen molar-refractivity contribution in [2.24, 2.45) is 0 Å². The molecule has 0 aliphatic rings. The smallest absolute Gasteiger partial charge is 0.321 e. The zero-order valence-electron chi connectivity index (χ0n) is 15.4. The first-order valence-electron chi connectivity index (χ1n) is 8.75. The first-order chi connectivity index (χ1) is 13.5. The number of carbonyl (C=O) groups is 2. The van der Waals surface area contributed by atoms with Gasteiger partial charge in [-0.3, -0.25) is 9.59 Å². The average molecular weight is 394 g/mol. The maximum atomic E-state index is 13.0. The second-order valence-corrected chi connectivity index (χ2v) is 7.30. The fraction of sp³-hybridized carbons (Fsp3) is 0.130. The molecule has 0 fully saturated rings. The molecule has 0 saturated carbocycles. The van der Waals surface area contributed by atoms with Gasteiger partial charge in [-0.05, 0) is 61.0 Å². The first kappa shape index (κ1) is 19.8. The summed E-state index contributed by atoms with van der Waals surface area (Å²) in [5.74, 6) is 0.418. The largest absolute Gasteiger partial charge is 0.426 e. The van der Waals surface area contributed by atoms with E-state index in [2.05, 4.69) is 0 Å². The molecule has 3 nitrogen and oxygen atoms in total. The monoisotopic (exact) mass is 394 g/mol. The summed E-state index contributed by atoms with van der Waals surface area (Å²) in [7, 11) is 0. The SMILES string of the molecule is Cc1ccc(CSCC(=O)Oc2ccc(C(=O)c3ccc(F)cc3)cc2)cc1. The number of thioether (sulfide) groups is 1. The standard InChI is InChI=1S/C23H19FO3S/c1-16-2-4-17(5-3-16)14-28-15-22(25)27-21-12-8-19(9-13-21)23(26)18-6-10-20(24)11-7-18/h2-13H,14-15H2,1H3. The van der Waals surface area contributed by atoms with Crippen LogP contribution in [0.2, 0.25) is 0 Å². The number of aryl methyl sites for hydroxylation is 1. The van der Waals surface area contributed by atoms with E-state index in [1.807, 2.05) is 31.2 Å². The lowest BCUT2D eigenvalue weighted by Crippen LogP contribution is -2.11. The van der Waals surface area contributed by atoms with E-state index in [1.165, 1.54) is 41.6 Å². The van der Waals surface area contributed by atoms with Crippen LogP contribution < -0.4 is 4.74 Å². The summed E-state index contributed by atoms with van der Waals surface area (Å²) in [5, 5.41) is 0. The van der Waals surface area contributed by atoms with E-state index in [-0.39, 0.29) is 23.3 Å². The number of halogens is 1. The third-order valence-corrected chi connectivity index (χ3v) is 5.04. The van der Waals surface area contributed by atoms with Crippen LogP contribution in [0.1, 0.15) is 27.0 Å². The van der Waals surface area contributed by atoms with E-state index < -0.39 is 0 Å². The minimum atomic E-state index is -0.390. The van der Waals surface area contributed by atoms with Gasteiger partial charge in [0.2, 0.25) is 0 Å². The summed E-state index contributed by atoms with van der Waals surface area (Å²) >= 11 is 1.49. The highest BCUT2D eigenvalue weighted by Gasteiger charge is 2.11. The Kier molecular flexibility index (Phi) is 6.61. The lowest BCUT2D eigenvalue weighted by Gasteiger charge is -2.06. The average Bonchev–Trinajstić information content (AvgIpc) is 2.70. The van der Waals surface area contributed by atoms with Gasteiger partial charge in [-0.25, -0.2) is 4.39 Å². The second kappa shape index (κ2) is 9.33. The Morgan fingerprint density at radius 3 is 2.04 bits per heavy atom. The third kappa shape index (κ3) is 5.54. The molecule has 5 heteroatoms. The quantitative estimate of drug-likeness (QED) is 0.314. The molecule has 0 N–H and O–H groups in total. The van der Waals surface area contributed by atoms with Crippen LogP contribution in [0.3, 0.4) is 0 Å². The molecule has 142 valence electrons. The maximum absolute atomic E-state index is 13.0. The van der Waals surface area contributed by atoms with Crippen molar-refractivity contribution in [2.45, 2.75) is 12.7 Å². The Labute approximate surface area is 167 Å². The molecule has 0 saturated heterocycles. The molecule has 0 spiro atoms. The molecular formula is C23H19FO3S. The Morgan fingerprint density at radius 1 is 0.857 bits per heavy atom. The normalized spacial score (nSPS) is 10.5. The number of rotatable bonds is 7. The zero-order chi connectivity index (χ0) is 19.9. The van der Waals surface area contributed by atoms with Crippen molar-refractivity contribution in [1.82, 2.24) is 0 Å². The van der Waals surface area contributed by atoms with Crippen molar-refractivity contribution in [3.63, 3.8) is 0 Å². The van der Waals surface area contributed by atoms with Crippen LogP contribution in [0.5, 0.6) is 5.75 Å². The van der Waals surface area contributed by atoms with Crippen LogP contribution in [-0.2, 0) is 10.5 Å². The molecule has 0 aromatic heterocycles. The summed E-state index contributed by atoms with van der Waals surface area (Å²) in [4.78, 5) is 24.3. The van der Waals surface area contributed by atoms with Crippen molar-refractivity contribution in [3.05, 3.63) is 101 Å². The van der Waals surface area contributed by atoms with E-state index in [0.717, 1.165) is 11.3 Å². The van der Waals surface area contributed by atoms with Crippen LogP contribution in [0.15, 0.2) is 72.8 Å². The summed E-state index contributed by atoms with van der Waals surface area (Å²) < 4.78 is 18.3. The number of ether oxygens (including phenoxy) is 1. The first-order valence-corrected chi connectivity index (χ1v) is 9.91. The Bertz CT molecular complexity index is 949. The van der Waals surface area contributed by atoms with Gasteiger partial charge in [-0.15, -0.1) is 11.8 Å². The molecule has 0 heterocycles.